The van der Waals surface area contributed by atoms with E-state index in [1.54, 1.807) is 0 Å². The number of hydrogen-bond donors (Lipinski definition) is 2. The first kappa shape index (κ1) is 14.3. The molecule has 0 rings (SSSR count). The summed E-state index contributed by atoms with van der Waals surface area (Å²) < 4.78 is 4.45. The number of carboxylic acid groups (broad SMARTS) is 2. The molecular formula is C8H12NO7-. The number of rotatable bonds is 7. The van der Waals surface area contributed by atoms with Crippen molar-refractivity contribution in [3.63, 3.8) is 0 Å². The van der Waals surface area contributed by atoms with Crippen LogP contribution >= 0.6 is 0 Å². The van der Waals surface area contributed by atoms with Gasteiger partial charge in [-0.15, -0.1) is 0 Å². The number of carbonyl (C=O) groups is 3. The fourth-order valence-corrected chi connectivity index (χ4v) is 0.921. The molecule has 1 atom stereocenters. The van der Waals surface area contributed by atoms with Gasteiger partial charge in [0.1, 0.15) is 18.8 Å². The zero-order chi connectivity index (χ0) is 12.8. The van der Waals surface area contributed by atoms with Crippen LogP contribution < -0.4 is 15.9 Å². The van der Waals surface area contributed by atoms with E-state index in [0.29, 0.717) is 0 Å². The van der Waals surface area contributed by atoms with Gasteiger partial charge < -0.3 is 35.4 Å². The van der Waals surface area contributed by atoms with Crippen LogP contribution in [0.5, 0.6) is 0 Å². The van der Waals surface area contributed by atoms with Crippen LogP contribution in [0.2, 0.25) is 0 Å². The molecule has 0 aromatic heterocycles. The van der Waals surface area contributed by atoms with E-state index >= 15 is 0 Å². The number of aliphatic carboxylic acids is 2. The van der Waals surface area contributed by atoms with Gasteiger partial charge in [0.05, 0.1) is 12.4 Å². The van der Waals surface area contributed by atoms with Crippen molar-refractivity contribution >= 4 is 17.9 Å². The Morgan fingerprint density at radius 2 is 1.81 bits per heavy atom. The lowest BCUT2D eigenvalue weighted by molar-refractivity contribution is -0.372. The van der Waals surface area contributed by atoms with Crippen molar-refractivity contribution in [1.29, 1.82) is 0 Å². The number of esters is 1. The standard InChI is InChI=1S/C8H13NO7/c9-1-2-16-6(12)4-8(15,7(13)14)3-5(10)11/h15H,1-4,9H2,(H,10,11)(H,13,14)/p-1. The van der Waals surface area contributed by atoms with Crippen molar-refractivity contribution in [3.05, 3.63) is 0 Å². The first-order valence-corrected chi connectivity index (χ1v) is 4.40. The van der Waals surface area contributed by atoms with Gasteiger partial charge in [0.2, 0.25) is 0 Å². The normalized spacial score (nSPS) is 13.9. The van der Waals surface area contributed by atoms with Crippen LogP contribution in [0.15, 0.2) is 0 Å². The summed E-state index contributed by atoms with van der Waals surface area (Å²) in [6.07, 6.45) is -2.25. The summed E-state index contributed by atoms with van der Waals surface area (Å²) in [5.74, 6) is -4.92. The molecule has 0 aromatic carbocycles. The molecular weight excluding hydrogens is 222 g/mol. The van der Waals surface area contributed by atoms with Crippen molar-refractivity contribution in [3.8, 4) is 0 Å². The fourth-order valence-electron chi connectivity index (χ4n) is 0.921. The maximum absolute atomic E-state index is 11.0. The maximum Gasteiger partial charge on any atom is 0.309 e. The van der Waals surface area contributed by atoms with Gasteiger partial charge in [-0.2, -0.15) is 0 Å². The summed E-state index contributed by atoms with van der Waals surface area (Å²) in [6, 6.07) is 0. The summed E-state index contributed by atoms with van der Waals surface area (Å²) >= 11 is 0. The molecule has 0 bridgehead atoms. The van der Waals surface area contributed by atoms with E-state index in [-0.39, 0.29) is 13.2 Å². The summed E-state index contributed by atoms with van der Waals surface area (Å²) in [6.45, 7) is 0.225. The van der Waals surface area contributed by atoms with Crippen LogP contribution in [0.1, 0.15) is 12.8 Å². The molecule has 8 nitrogen and oxygen atoms in total. The molecule has 0 aliphatic rings. The Kier molecular flexibility index (Phi) is 5.40. The van der Waals surface area contributed by atoms with Crippen molar-refractivity contribution < 1.29 is 40.2 Å². The molecule has 1 unspecified atom stereocenters. The first-order valence-electron chi connectivity index (χ1n) is 4.40. The second kappa shape index (κ2) is 6.03. The predicted molar refractivity (Wildman–Crippen MR) is 42.9 cm³/mol. The fraction of sp³-hybridized carbons (Fsp3) is 0.625. The second-order valence-corrected chi connectivity index (χ2v) is 3.12. The van der Waals surface area contributed by atoms with Crippen molar-refractivity contribution in [2.45, 2.75) is 18.4 Å². The zero-order valence-corrected chi connectivity index (χ0v) is 8.43. The monoisotopic (exact) mass is 234 g/mol. The average molecular weight is 234 g/mol. The summed E-state index contributed by atoms with van der Waals surface area (Å²) in [4.78, 5) is 31.7. The molecule has 0 saturated heterocycles. The van der Waals surface area contributed by atoms with Crippen LogP contribution in [-0.4, -0.2) is 41.8 Å². The molecule has 0 amide bonds. The first-order chi connectivity index (χ1) is 7.31. The molecule has 0 spiro atoms. The Hall–Kier alpha value is -1.67. The van der Waals surface area contributed by atoms with E-state index in [1.807, 2.05) is 0 Å². The van der Waals surface area contributed by atoms with Gasteiger partial charge in [0.15, 0.2) is 0 Å². The number of carboxylic acids is 2. The van der Waals surface area contributed by atoms with Crippen molar-refractivity contribution in [2.75, 3.05) is 13.2 Å². The van der Waals surface area contributed by atoms with Crippen molar-refractivity contribution in [1.82, 2.24) is 0 Å². The molecule has 4 N–H and O–H groups in total. The van der Waals surface area contributed by atoms with Crippen LogP contribution in [-0.2, 0) is 19.1 Å². The molecule has 0 aliphatic heterocycles. The minimum atomic E-state index is -2.81. The summed E-state index contributed by atoms with van der Waals surface area (Å²) in [7, 11) is 0. The number of ether oxygens (including phenoxy) is 1. The Morgan fingerprint density at radius 3 is 2.19 bits per heavy atom. The van der Waals surface area contributed by atoms with Crippen LogP contribution in [0.3, 0.4) is 0 Å². The highest BCUT2D eigenvalue weighted by Crippen LogP contribution is 2.15. The van der Waals surface area contributed by atoms with Gasteiger partial charge >= 0.3 is 5.97 Å². The van der Waals surface area contributed by atoms with E-state index < -0.39 is 36.4 Å². The maximum atomic E-state index is 11.0. The van der Waals surface area contributed by atoms with Gasteiger partial charge in [0.25, 0.3) is 0 Å². The molecule has 0 heterocycles. The van der Waals surface area contributed by atoms with Crippen molar-refractivity contribution in [2.24, 2.45) is 0 Å². The van der Waals surface area contributed by atoms with Gasteiger partial charge in [-0.3, -0.25) is 4.79 Å². The molecule has 0 fully saturated rings. The van der Waals surface area contributed by atoms with Crippen LogP contribution in [0, 0.1) is 0 Å². The minimum absolute atomic E-state index is 0.0483. The van der Waals surface area contributed by atoms with Gasteiger partial charge in [0, 0.05) is 12.4 Å². The average Bonchev–Trinajstić information content (AvgIpc) is 2.12. The Labute approximate surface area is 90.6 Å². The lowest BCUT2D eigenvalue weighted by Crippen LogP contribution is -2.54. The number of carbonyl (C=O) groups excluding carboxylic acids is 3. The molecule has 0 aromatic rings. The minimum Gasteiger partial charge on any atom is -0.550 e. The third-order valence-electron chi connectivity index (χ3n) is 1.66. The predicted octanol–water partition coefficient (Wildman–Crippen LogP) is -5.22. The van der Waals surface area contributed by atoms with E-state index in [0.717, 1.165) is 0 Å². The smallest absolute Gasteiger partial charge is 0.309 e. The molecule has 8 heteroatoms. The number of quaternary nitrogens is 1. The van der Waals surface area contributed by atoms with Gasteiger partial charge in [-0.25, -0.2) is 0 Å². The Balaban J connectivity index is 4.49. The zero-order valence-electron chi connectivity index (χ0n) is 8.43. The highest BCUT2D eigenvalue weighted by Gasteiger charge is 2.32. The molecule has 0 radical (unpaired) electrons. The van der Waals surface area contributed by atoms with Gasteiger partial charge in [-0.05, 0) is 0 Å². The molecule has 0 aliphatic carbocycles. The SMILES string of the molecule is [NH3+]CCOC(=O)CC(O)(CC(=O)[O-])C(=O)[O-]. The van der Waals surface area contributed by atoms with E-state index in [2.05, 4.69) is 10.5 Å². The summed E-state index contributed by atoms with van der Waals surface area (Å²) in [5, 5.41) is 30.0. The Morgan fingerprint density at radius 1 is 1.25 bits per heavy atom. The third kappa shape index (κ3) is 4.71. The Bertz CT molecular complexity index is 290. The van der Waals surface area contributed by atoms with Crippen LogP contribution in [0.25, 0.3) is 0 Å². The van der Waals surface area contributed by atoms with E-state index in [1.165, 1.54) is 0 Å². The summed E-state index contributed by atoms with van der Waals surface area (Å²) in [5.41, 5.74) is 0.557. The second-order valence-electron chi connectivity index (χ2n) is 3.12. The van der Waals surface area contributed by atoms with Crippen LogP contribution in [0.4, 0.5) is 0 Å². The number of aliphatic hydroxyl groups is 1. The lowest BCUT2D eigenvalue weighted by Gasteiger charge is -2.28. The quantitative estimate of drug-likeness (QED) is 0.417. The topological polar surface area (TPSA) is 154 Å². The highest BCUT2D eigenvalue weighted by atomic mass is 16.5. The van der Waals surface area contributed by atoms with E-state index in [4.69, 9.17) is 0 Å². The largest absolute Gasteiger partial charge is 0.550 e. The molecule has 92 valence electrons. The highest BCUT2D eigenvalue weighted by molar-refractivity contribution is 5.87. The van der Waals surface area contributed by atoms with E-state index in [9.17, 15) is 29.7 Å². The molecule has 16 heavy (non-hydrogen) atoms. The lowest BCUT2D eigenvalue weighted by atomic mass is 9.96. The third-order valence-corrected chi connectivity index (χ3v) is 1.66. The number of hydrogen-bond acceptors (Lipinski definition) is 7. The van der Waals surface area contributed by atoms with Gasteiger partial charge in [-0.1, -0.05) is 0 Å². The molecule has 0 saturated carbocycles.